The summed E-state index contributed by atoms with van der Waals surface area (Å²) in [6, 6.07) is 7.16. The van der Waals surface area contributed by atoms with Crippen LogP contribution >= 0.6 is 34.8 Å². The van der Waals surface area contributed by atoms with Crippen molar-refractivity contribution < 1.29 is 19.0 Å². The molecule has 0 radical (unpaired) electrons. The lowest BCUT2D eigenvalue weighted by Gasteiger charge is -2.33. The molecule has 1 aliphatic heterocycles. The molecule has 1 amide bonds. The minimum Gasteiger partial charge on any atom is -0.495 e. The predicted octanol–water partition coefficient (Wildman–Crippen LogP) is 7.29. The van der Waals surface area contributed by atoms with Crippen molar-refractivity contribution in [2.75, 3.05) is 20.2 Å². The summed E-state index contributed by atoms with van der Waals surface area (Å²) in [5.41, 5.74) is 1.03. The number of benzene rings is 2. The summed E-state index contributed by atoms with van der Waals surface area (Å²) >= 11 is 19.4. The molecular formula is C26H28Cl3N3O4. The van der Waals surface area contributed by atoms with Gasteiger partial charge < -0.3 is 19.1 Å². The number of carbonyl (C=O) groups is 1. The molecule has 10 heteroatoms. The van der Waals surface area contributed by atoms with Crippen molar-refractivity contribution in [2.24, 2.45) is 5.92 Å². The molecule has 1 saturated heterocycles. The summed E-state index contributed by atoms with van der Waals surface area (Å²) in [4.78, 5) is 22.7. The number of fused-ring (bicyclic) bond motifs is 1. The summed E-state index contributed by atoms with van der Waals surface area (Å²) in [5, 5.41) is 1.58. The Bertz CT molecular complexity index is 1300. The number of carbonyl (C=O) groups excluding carboxylic acids is 1. The smallest absolute Gasteiger partial charge is 0.410 e. The van der Waals surface area contributed by atoms with E-state index in [1.807, 2.05) is 39.0 Å². The van der Waals surface area contributed by atoms with Gasteiger partial charge >= 0.3 is 6.09 Å². The maximum atomic E-state index is 12.7. The molecule has 2 heterocycles. The summed E-state index contributed by atoms with van der Waals surface area (Å²) < 4.78 is 17.6. The molecule has 1 fully saturated rings. The fourth-order valence-electron chi connectivity index (χ4n) is 4.05. The molecule has 2 atom stereocenters. The van der Waals surface area contributed by atoms with Gasteiger partial charge in [-0.15, -0.1) is 0 Å². The number of ether oxygens (including phenoxy) is 3. The van der Waals surface area contributed by atoms with Gasteiger partial charge in [0.25, 0.3) is 0 Å². The molecular weight excluding hydrogens is 525 g/mol. The average Bonchev–Trinajstić information content (AvgIpc) is 3.27. The molecule has 0 N–H and O–H groups in total. The summed E-state index contributed by atoms with van der Waals surface area (Å²) in [5.74, 6) is 1.21. The highest BCUT2D eigenvalue weighted by Gasteiger charge is 2.36. The zero-order valence-electron chi connectivity index (χ0n) is 20.8. The topological polar surface area (TPSA) is 73.8 Å². The first-order valence-corrected chi connectivity index (χ1v) is 12.8. The summed E-state index contributed by atoms with van der Waals surface area (Å²) in [7, 11) is 1.52. The lowest BCUT2D eigenvalue weighted by Crippen LogP contribution is -2.45. The first kappa shape index (κ1) is 26.6. The van der Waals surface area contributed by atoms with Crippen LogP contribution in [0.2, 0.25) is 15.3 Å². The third-order valence-electron chi connectivity index (χ3n) is 6.51. The van der Waals surface area contributed by atoms with Crippen molar-refractivity contribution in [1.82, 2.24) is 14.9 Å². The van der Waals surface area contributed by atoms with Gasteiger partial charge in [-0.2, -0.15) is 0 Å². The van der Waals surface area contributed by atoms with Gasteiger partial charge in [0.2, 0.25) is 5.28 Å². The normalized spacial score (nSPS) is 16.8. The zero-order valence-corrected chi connectivity index (χ0v) is 23.0. The minimum absolute atomic E-state index is 0.167. The number of hydrogen-bond acceptors (Lipinski definition) is 6. The van der Waals surface area contributed by atoms with E-state index >= 15 is 0 Å². The summed E-state index contributed by atoms with van der Waals surface area (Å²) in [6.07, 6.45) is 1.72. The lowest BCUT2D eigenvalue weighted by atomic mass is 10.0. The Morgan fingerprint density at radius 3 is 2.56 bits per heavy atom. The number of methoxy groups -OCH3 is 1. The van der Waals surface area contributed by atoms with Crippen molar-refractivity contribution in [3.05, 3.63) is 45.8 Å². The van der Waals surface area contributed by atoms with Crippen molar-refractivity contribution in [3.8, 4) is 22.6 Å². The van der Waals surface area contributed by atoms with Crippen molar-refractivity contribution in [2.45, 2.75) is 45.8 Å². The molecule has 36 heavy (non-hydrogen) atoms. The third kappa shape index (κ3) is 5.43. The quantitative estimate of drug-likeness (QED) is 0.299. The van der Waals surface area contributed by atoms with Gasteiger partial charge in [-0.25, -0.2) is 14.8 Å². The Hall–Kier alpha value is -2.48. The first-order valence-electron chi connectivity index (χ1n) is 11.6. The van der Waals surface area contributed by atoms with E-state index in [4.69, 9.17) is 49.0 Å². The van der Waals surface area contributed by atoms with Gasteiger partial charge in [0.1, 0.15) is 23.2 Å². The molecule has 0 spiro atoms. The monoisotopic (exact) mass is 551 g/mol. The molecule has 2 aromatic carbocycles. The van der Waals surface area contributed by atoms with Crippen LogP contribution in [0.15, 0.2) is 30.5 Å². The Balaban J connectivity index is 1.64. The molecule has 7 nitrogen and oxygen atoms in total. The molecule has 3 aromatic rings. The van der Waals surface area contributed by atoms with E-state index in [1.165, 1.54) is 7.11 Å². The number of hydrogen-bond donors (Lipinski definition) is 0. The number of nitrogens with zero attached hydrogens (tertiary/aromatic N) is 3. The fraction of sp³-hybridized carbons (Fsp3) is 0.423. The van der Waals surface area contributed by atoms with Crippen LogP contribution in [0, 0.1) is 5.92 Å². The van der Waals surface area contributed by atoms with Gasteiger partial charge in [-0.05, 0) is 62.4 Å². The first-order chi connectivity index (χ1) is 17.0. The fourth-order valence-corrected chi connectivity index (χ4v) is 4.87. The number of aromatic nitrogens is 2. The van der Waals surface area contributed by atoms with Crippen molar-refractivity contribution in [3.63, 3.8) is 0 Å². The molecule has 1 unspecified atom stereocenters. The number of halogens is 3. The molecule has 192 valence electrons. The van der Waals surface area contributed by atoms with E-state index in [0.29, 0.717) is 51.6 Å². The van der Waals surface area contributed by atoms with Gasteiger partial charge in [-0.1, -0.05) is 36.2 Å². The summed E-state index contributed by atoms with van der Waals surface area (Å²) in [6.45, 7) is 8.95. The van der Waals surface area contributed by atoms with Crippen LogP contribution in [-0.4, -0.2) is 52.9 Å². The van der Waals surface area contributed by atoms with Crippen LogP contribution in [0.25, 0.3) is 22.0 Å². The van der Waals surface area contributed by atoms with Gasteiger partial charge in [0, 0.05) is 36.3 Å². The maximum Gasteiger partial charge on any atom is 0.410 e. The van der Waals surface area contributed by atoms with Crippen LogP contribution in [-0.2, 0) is 4.74 Å². The highest BCUT2D eigenvalue weighted by Crippen LogP contribution is 2.47. The van der Waals surface area contributed by atoms with Crippen molar-refractivity contribution >= 4 is 51.8 Å². The largest absolute Gasteiger partial charge is 0.495 e. The number of amides is 1. The van der Waals surface area contributed by atoms with E-state index in [2.05, 4.69) is 16.9 Å². The second-order valence-corrected chi connectivity index (χ2v) is 10.7. The Kier molecular flexibility index (Phi) is 7.74. The SMILES string of the molecule is COc1cc(OC(C)C(C)(C)OC(=O)N2CC[C@H](C)C2)c(Cl)c(-c2ccc3nc(Cl)ncc3c2)c1Cl. The Morgan fingerprint density at radius 1 is 1.17 bits per heavy atom. The van der Waals surface area contributed by atoms with Gasteiger partial charge in [0.05, 0.1) is 22.7 Å². The number of rotatable bonds is 6. The highest BCUT2D eigenvalue weighted by molar-refractivity contribution is 6.41. The van der Waals surface area contributed by atoms with Crippen LogP contribution in [0.4, 0.5) is 4.79 Å². The molecule has 0 saturated carbocycles. The molecule has 4 rings (SSSR count). The second-order valence-electron chi connectivity index (χ2n) is 9.56. The van der Waals surface area contributed by atoms with E-state index in [1.54, 1.807) is 17.2 Å². The standard InChI is InChI=1S/C26H28Cl3N3O4/c1-14-8-9-32(13-14)25(33)36-26(3,4)15(2)35-20-11-19(34-5)22(27)21(23(20)28)16-6-7-18-17(10-16)12-30-24(29)31-18/h6-7,10-12,14-15H,8-9,13H2,1-5H3/t14-,15?/m0/s1. The molecule has 1 aliphatic rings. The van der Waals surface area contributed by atoms with E-state index in [9.17, 15) is 4.79 Å². The highest BCUT2D eigenvalue weighted by atomic mass is 35.5. The predicted molar refractivity (Wildman–Crippen MR) is 143 cm³/mol. The van der Waals surface area contributed by atoms with Crippen LogP contribution < -0.4 is 9.47 Å². The second kappa shape index (κ2) is 10.5. The third-order valence-corrected chi connectivity index (χ3v) is 7.44. The molecule has 0 bridgehead atoms. The Morgan fingerprint density at radius 2 is 1.89 bits per heavy atom. The van der Waals surface area contributed by atoms with Crippen LogP contribution in [0.3, 0.4) is 0 Å². The van der Waals surface area contributed by atoms with Gasteiger partial charge in [-0.3, -0.25) is 0 Å². The lowest BCUT2D eigenvalue weighted by molar-refractivity contribution is -0.0490. The molecule has 1 aromatic heterocycles. The van der Waals surface area contributed by atoms with Crippen molar-refractivity contribution in [1.29, 1.82) is 0 Å². The maximum absolute atomic E-state index is 12.7. The number of likely N-dealkylation sites (tertiary alicyclic amines) is 1. The van der Waals surface area contributed by atoms with Crippen LogP contribution in [0.5, 0.6) is 11.5 Å². The van der Waals surface area contributed by atoms with Crippen LogP contribution in [0.1, 0.15) is 34.1 Å². The zero-order chi connectivity index (χ0) is 26.2. The van der Waals surface area contributed by atoms with E-state index in [0.717, 1.165) is 17.4 Å². The molecule has 0 aliphatic carbocycles. The Labute approximate surface area is 225 Å². The average molecular weight is 553 g/mol. The van der Waals surface area contributed by atoms with Gasteiger partial charge in [0.15, 0.2) is 0 Å². The van der Waals surface area contributed by atoms with E-state index in [-0.39, 0.29) is 11.4 Å². The minimum atomic E-state index is -0.932. The van der Waals surface area contributed by atoms with E-state index < -0.39 is 11.7 Å².